The van der Waals surface area contributed by atoms with Crippen LogP contribution in [-0.2, 0) is 0 Å². The Hall–Kier alpha value is -1.83. The summed E-state index contributed by atoms with van der Waals surface area (Å²) in [7, 11) is 0. The van der Waals surface area contributed by atoms with E-state index in [1.807, 2.05) is 4.90 Å². The van der Waals surface area contributed by atoms with Gasteiger partial charge in [0.15, 0.2) is 18.2 Å². The average Bonchev–Trinajstić information content (AvgIpc) is 2.72. The third kappa shape index (κ3) is 2.95. The van der Waals surface area contributed by atoms with Crippen molar-refractivity contribution in [2.45, 2.75) is 45.7 Å². The van der Waals surface area contributed by atoms with E-state index in [2.05, 4.69) is 35.7 Å². The minimum Gasteiger partial charge on any atom is -0.450 e. The molecular formula is C14H18FN3O. The van der Waals surface area contributed by atoms with Gasteiger partial charge in [0, 0.05) is 12.1 Å². The molecule has 102 valence electrons. The highest BCUT2D eigenvalue weighted by molar-refractivity contribution is 5.43. The van der Waals surface area contributed by atoms with Crippen LogP contribution in [0.15, 0.2) is 6.20 Å². The van der Waals surface area contributed by atoms with Crippen LogP contribution >= 0.6 is 0 Å². The molecule has 0 radical (unpaired) electrons. The van der Waals surface area contributed by atoms with Crippen molar-refractivity contribution in [1.82, 2.24) is 9.97 Å². The standard InChI is InChI=1S/C14H18FN3O/c1-4-5-8-19-14-16-9-12(15)13(17-14)18-10(2)6-7-11(18)3/h9-11H,6-8H2,1-3H3. The third-order valence-corrected chi connectivity index (χ3v) is 3.35. The van der Waals surface area contributed by atoms with Gasteiger partial charge < -0.3 is 9.64 Å². The maximum Gasteiger partial charge on any atom is 0.319 e. The molecule has 0 saturated carbocycles. The Morgan fingerprint density at radius 2 is 2.11 bits per heavy atom. The first-order valence-electron chi connectivity index (χ1n) is 6.46. The zero-order chi connectivity index (χ0) is 13.8. The zero-order valence-electron chi connectivity index (χ0n) is 11.5. The molecule has 0 amide bonds. The van der Waals surface area contributed by atoms with Crippen LogP contribution in [0.5, 0.6) is 6.01 Å². The van der Waals surface area contributed by atoms with Crippen molar-refractivity contribution in [2.75, 3.05) is 11.5 Å². The smallest absolute Gasteiger partial charge is 0.319 e. The zero-order valence-corrected chi connectivity index (χ0v) is 11.5. The lowest BCUT2D eigenvalue weighted by Gasteiger charge is -2.27. The van der Waals surface area contributed by atoms with Crippen molar-refractivity contribution in [3.63, 3.8) is 0 Å². The molecule has 1 aliphatic heterocycles. The van der Waals surface area contributed by atoms with Gasteiger partial charge in [0.2, 0.25) is 0 Å². The van der Waals surface area contributed by atoms with Crippen LogP contribution in [0.1, 0.15) is 33.6 Å². The van der Waals surface area contributed by atoms with Crippen LogP contribution in [0.4, 0.5) is 10.2 Å². The summed E-state index contributed by atoms with van der Waals surface area (Å²) in [5.41, 5.74) is 0. The Morgan fingerprint density at radius 1 is 1.42 bits per heavy atom. The van der Waals surface area contributed by atoms with Crippen molar-refractivity contribution < 1.29 is 9.13 Å². The molecule has 19 heavy (non-hydrogen) atoms. The number of anilines is 1. The third-order valence-electron chi connectivity index (χ3n) is 3.35. The van der Waals surface area contributed by atoms with Crippen molar-refractivity contribution >= 4 is 5.82 Å². The first-order valence-corrected chi connectivity index (χ1v) is 6.46. The fourth-order valence-corrected chi connectivity index (χ4v) is 2.38. The molecule has 0 aromatic carbocycles. The summed E-state index contributed by atoms with van der Waals surface area (Å²) in [4.78, 5) is 10.0. The first-order chi connectivity index (χ1) is 9.13. The number of rotatable bonds is 3. The summed E-state index contributed by atoms with van der Waals surface area (Å²) in [5, 5.41) is 0. The Kier molecular flexibility index (Phi) is 4.20. The first kappa shape index (κ1) is 13.6. The molecule has 0 spiro atoms. The number of hydrogen-bond donors (Lipinski definition) is 0. The molecule has 0 aliphatic carbocycles. The summed E-state index contributed by atoms with van der Waals surface area (Å²) in [6.45, 7) is 6.10. The van der Waals surface area contributed by atoms with E-state index in [0.29, 0.717) is 5.82 Å². The Bertz CT molecular complexity index is 499. The van der Waals surface area contributed by atoms with E-state index in [0.717, 1.165) is 19.0 Å². The molecule has 2 rings (SSSR count). The second-order valence-electron chi connectivity index (χ2n) is 4.72. The fraction of sp³-hybridized carbons (Fsp3) is 0.571. The lowest BCUT2D eigenvalue weighted by atomic mass is 10.2. The molecule has 2 heterocycles. The van der Waals surface area contributed by atoms with Gasteiger partial charge in [0.25, 0.3) is 0 Å². The maximum atomic E-state index is 13.9. The number of hydrogen-bond acceptors (Lipinski definition) is 4. The van der Waals surface area contributed by atoms with E-state index in [-0.39, 0.29) is 24.7 Å². The second-order valence-corrected chi connectivity index (χ2v) is 4.72. The number of halogens is 1. The van der Waals surface area contributed by atoms with E-state index < -0.39 is 5.82 Å². The minimum absolute atomic E-state index is 0.172. The van der Waals surface area contributed by atoms with Gasteiger partial charge in [-0.1, -0.05) is 5.92 Å². The van der Waals surface area contributed by atoms with Crippen molar-refractivity contribution in [3.8, 4) is 17.9 Å². The summed E-state index contributed by atoms with van der Waals surface area (Å²) in [6, 6.07) is 0.732. The largest absolute Gasteiger partial charge is 0.450 e. The highest BCUT2D eigenvalue weighted by atomic mass is 19.1. The summed E-state index contributed by atoms with van der Waals surface area (Å²) in [5.74, 6) is 5.39. The van der Waals surface area contributed by atoms with E-state index in [1.54, 1.807) is 6.92 Å². The monoisotopic (exact) mass is 263 g/mol. The SMILES string of the molecule is CC#CCOc1ncc(F)c(N2C(C)CCC2C)n1. The number of ether oxygens (including phenoxy) is 1. The minimum atomic E-state index is -0.408. The second kappa shape index (κ2) is 5.87. The quantitative estimate of drug-likeness (QED) is 0.785. The fourth-order valence-electron chi connectivity index (χ4n) is 2.38. The van der Waals surface area contributed by atoms with E-state index in [9.17, 15) is 4.39 Å². The van der Waals surface area contributed by atoms with Gasteiger partial charge in [-0.15, -0.1) is 5.92 Å². The molecule has 2 atom stereocenters. The molecule has 0 N–H and O–H groups in total. The van der Waals surface area contributed by atoms with Gasteiger partial charge in [0.1, 0.15) is 0 Å². The molecule has 1 aromatic heterocycles. The topological polar surface area (TPSA) is 38.2 Å². The van der Waals surface area contributed by atoms with Gasteiger partial charge in [-0.05, 0) is 33.6 Å². The number of nitrogens with zero attached hydrogens (tertiary/aromatic N) is 3. The maximum absolute atomic E-state index is 13.9. The highest BCUT2D eigenvalue weighted by Crippen LogP contribution is 2.31. The van der Waals surface area contributed by atoms with Crippen LogP contribution in [-0.4, -0.2) is 28.7 Å². The molecule has 1 saturated heterocycles. The average molecular weight is 263 g/mol. The molecule has 1 fully saturated rings. The molecule has 1 aliphatic rings. The van der Waals surface area contributed by atoms with Gasteiger partial charge >= 0.3 is 6.01 Å². The summed E-state index contributed by atoms with van der Waals surface area (Å²) in [6.07, 6.45) is 3.25. The predicted molar refractivity (Wildman–Crippen MR) is 71.6 cm³/mol. The normalized spacial score (nSPS) is 22.0. The molecule has 1 aromatic rings. The molecule has 0 bridgehead atoms. The highest BCUT2D eigenvalue weighted by Gasteiger charge is 2.30. The Morgan fingerprint density at radius 3 is 2.74 bits per heavy atom. The molecule has 5 heteroatoms. The van der Waals surface area contributed by atoms with Crippen LogP contribution in [0, 0.1) is 17.7 Å². The van der Waals surface area contributed by atoms with Gasteiger partial charge in [0.05, 0.1) is 6.20 Å². The number of aromatic nitrogens is 2. The molecular weight excluding hydrogens is 245 g/mol. The van der Waals surface area contributed by atoms with Crippen LogP contribution < -0.4 is 9.64 Å². The van der Waals surface area contributed by atoms with Crippen LogP contribution in [0.3, 0.4) is 0 Å². The summed E-state index contributed by atoms with van der Waals surface area (Å²) >= 11 is 0. The lowest BCUT2D eigenvalue weighted by molar-refractivity contribution is 0.337. The van der Waals surface area contributed by atoms with Crippen LogP contribution in [0.2, 0.25) is 0 Å². The van der Waals surface area contributed by atoms with Crippen LogP contribution in [0.25, 0.3) is 0 Å². The van der Waals surface area contributed by atoms with Crippen molar-refractivity contribution in [1.29, 1.82) is 0 Å². The van der Waals surface area contributed by atoms with Crippen molar-refractivity contribution in [2.24, 2.45) is 0 Å². The van der Waals surface area contributed by atoms with Gasteiger partial charge in [-0.25, -0.2) is 9.37 Å². The summed E-state index contributed by atoms with van der Waals surface area (Å²) < 4.78 is 19.2. The Balaban J connectivity index is 2.23. The molecule has 2 unspecified atom stereocenters. The molecule has 4 nitrogen and oxygen atoms in total. The van der Waals surface area contributed by atoms with E-state index in [1.165, 1.54) is 0 Å². The predicted octanol–water partition coefficient (Wildman–Crippen LogP) is 2.40. The van der Waals surface area contributed by atoms with E-state index >= 15 is 0 Å². The van der Waals surface area contributed by atoms with Crippen molar-refractivity contribution in [3.05, 3.63) is 12.0 Å². The van der Waals surface area contributed by atoms with E-state index in [4.69, 9.17) is 4.74 Å². The Labute approximate surface area is 113 Å². The van der Waals surface area contributed by atoms with Gasteiger partial charge in [-0.3, -0.25) is 0 Å². The van der Waals surface area contributed by atoms with Gasteiger partial charge in [-0.2, -0.15) is 4.98 Å². The lowest BCUT2D eigenvalue weighted by Crippen LogP contribution is -2.34.